The Hall–Kier alpha value is -0.820. The highest BCUT2D eigenvalue weighted by Gasteiger charge is 2.19. The summed E-state index contributed by atoms with van der Waals surface area (Å²) in [5.74, 6) is 1.75. The van der Waals surface area contributed by atoms with Crippen molar-refractivity contribution in [1.29, 1.82) is 0 Å². The van der Waals surface area contributed by atoms with E-state index >= 15 is 0 Å². The van der Waals surface area contributed by atoms with Gasteiger partial charge in [0.05, 0.1) is 0 Å². The second kappa shape index (κ2) is 5.49. The Kier molecular flexibility index (Phi) is 4.00. The van der Waals surface area contributed by atoms with Gasteiger partial charge in [0.25, 0.3) is 0 Å². The molecule has 1 N–H and O–H groups in total. The van der Waals surface area contributed by atoms with E-state index in [-0.39, 0.29) is 0 Å². The zero-order valence-electron chi connectivity index (χ0n) is 10.5. The summed E-state index contributed by atoms with van der Waals surface area (Å²) in [6, 6.07) is 9.11. The Bertz CT molecular complexity index is 324. The van der Waals surface area contributed by atoms with Crippen LogP contribution in [0, 0.1) is 5.92 Å². The first-order valence-electron chi connectivity index (χ1n) is 6.53. The molecule has 1 aromatic rings. The maximum atomic E-state index is 3.22. The summed E-state index contributed by atoms with van der Waals surface area (Å²) in [5, 5.41) is 3.22. The van der Waals surface area contributed by atoms with Gasteiger partial charge in [0.2, 0.25) is 0 Å². The largest absolute Gasteiger partial charge is 0.316 e. The van der Waals surface area contributed by atoms with Crippen molar-refractivity contribution in [3.63, 3.8) is 0 Å². The van der Waals surface area contributed by atoms with Crippen LogP contribution in [0.2, 0.25) is 0 Å². The molecule has 0 bridgehead atoms. The van der Waals surface area contributed by atoms with Crippen molar-refractivity contribution in [3.05, 3.63) is 35.4 Å². The second-order valence-electron chi connectivity index (χ2n) is 5.23. The molecule has 16 heavy (non-hydrogen) atoms. The van der Waals surface area contributed by atoms with Crippen LogP contribution < -0.4 is 5.32 Å². The average Bonchev–Trinajstić information content (AvgIpc) is 2.31. The van der Waals surface area contributed by atoms with Gasteiger partial charge in [-0.05, 0) is 42.9 Å². The molecule has 88 valence electrons. The summed E-state index contributed by atoms with van der Waals surface area (Å²) in [4.78, 5) is 0. The molecule has 1 heteroatoms. The van der Waals surface area contributed by atoms with Crippen molar-refractivity contribution in [2.75, 3.05) is 7.05 Å². The van der Waals surface area contributed by atoms with E-state index in [4.69, 9.17) is 0 Å². The minimum Gasteiger partial charge on any atom is -0.316 e. The van der Waals surface area contributed by atoms with Crippen LogP contribution in [0.3, 0.4) is 0 Å². The van der Waals surface area contributed by atoms with Crippen molar-refractivity contribution in [3.8, 4) is 0 Å². The molecule has 2 rings (SSSR count). The minimum atomic E-state index is 0.813. The van der Waals surface area contributed by atoms with Crippen LogP contribution in [0.25, 0.3) is 0 Å². The molecule has 1 fully saturated rings. The first kappa shape index (κ1) is 11.7. The Morgan fingerprint density at radius 3 is 2.62 bits per heavy atom. The summed E-state index contributed by atoms with van der Waals surface area (Å²) in [6.45, 7) is 3.37. The molecule has 1 aliphatic rings. The Morgan fingerprint density at radius 1 is 1.19 bits per heavy atom. The van der Waals surface area contributed by atoms with Crippen molar-refractivity contribution in [1.82, 2.24) is 5.32 Å². The van der Waals surface area contributed by atoms with Gasteiger partial charge in [-0.3, -0.25) is 0 Å². The van der Waals surface area contributed by atoms with E-state index in [0.29, 0.717) is 0 Å². The first-order valence-corrected chi connectivity index (χ1v) is 6.53. The van der Waals surface area contributed by atoms with Crippen molar-refractivity contribution in [2.24, 2.45) is 5.92 Å². The van der Waals surface area contributed by atoms with E-state index in [0.717, 1.165) is 18.4 Å². The van der Waals surface area contributed by atoms with Gasteiger partial charge in [-0.25, -0.2) is 0 Å². The molecule has 0 spiro atoms. The summed E-state index contributed by atoms with van der Waals surface area (Å²) in [5.41, 5.74) is 2.97. The summed E-state index contributed by atoms with van der Waals surface area (Å²) in [7, 11) is 2.01. The summed E-state index contributed by atoms with van der Waals surface area (Å²) in [6.07, 6.45) is 5.57. The quantitative estimate of drug-likeness (QED) is 0.814. The molecule has 0 aliphatic heterocycles. The first-order chi connectivity index (χ1) is 7.79. The lowest BCUT2D eigenvalue weighted by molar-refractivity contribution is 0.348. The van der Waals surface area contributed by atoms with Crippen molar-refractivity contribution >= 4 is 0 Å². The van der Waals surface area contributed by atoms with Gasteiger partial charge in [-0.15, -0.1) is 0 Å². The molecule has 1 nitrogen and oxygen atoms in total. The van der Waals surface area contributed by atoms with E-state index in [1.165, 1.54) is 31.2 Å². The molecule has 1 saturated carbocycles. The normalized spacial score (nSPS) is 25.6. The number of nitrogens with one attached hydrogen (secondary N) is 1. The van der Waals surface area contributed by atoms with E-state index in [1.54, 1.807) is 5.56 Å². The molecule has 0 heterocycles. The summed E-state index contributed by atoms with van der Waals surface area (Å²) >= 11 is 0. The van der Waals surface area contributed by atoms with Crippen molar-refractivity contribution in [2.45, 2.75) is 45.1 Å². The molecule has 0 amide bonds. The Labute approximate surface area is 99.3 Å². The van der Waals surface area contributed by atoms with Crippen LogP contribution in [0.5, 0.6) is 0 Å². The lowest BCUT2D eigenvalue weighted by atomic mass is 9.79. The lowest BCUT2D eigenvalue weighted by Crippen LogP contribution is -2.11. The topological polar surface area (TPSA) is 12.0 Å². The van der Waals surface area contributed by atoms with Crippen LogP contribution in [-0.2, 0) is 6.54 Å². The molecular formula is C15H23N. The van der Waals surface area contributed by atoms with Gasteiger partial charge in [-0.2, -0.15) is 0 Å². The van der Waals surface area contributed by atoms with E-state index < -0.39 is 0 Å². The lowest BCUT2D eigenvalue weighted by Gasteiger charge is -2.26. The Morgan fingerprint density at radius 2 is 1.94 bits per heavy atom. The minimum absolute atomic E-state index is 0.813. The smallest absolute Gasteiger partial charge is 0.0202 e. The third-order valence-electron chi connectivity index (χ3n) is 3.82. The highest BCUT2D eigenvalue weighted by Crippen LogP contribution is 2.35. The van der Waals surface area contributed by atoms with Gasteiger partial charge < -0.3 is 5.32 Å². The predicted octanol–water partition coefficient (Wildman–Crippen LogP) is 3.70. The number of hydrogen-bond donors (Lipinski definition) is 1. The third kappa shape index (κ3) is 2.85. The summed E-state index contributed by atoms with van der Waals surface area (Å²) < 4.78 is 0. The van der Waals surface area contributed by atoms with Gasteiger partial charge in [0.15, 0.2) is 0 Å². The molecule has 0 atom stereocenters. The monoisotopic (exact) mass is 217 g/mol. The second-order valence-corrected chi connectivity index (χ2v) is 5.23. The van der Waals surface area contributed by atoms with Gasteiger partial charge >= 0.3 is 0 Å². The molecule has 0 radical (unpaired) electrons. The molecule has 0 saturated heterocycles. The number of hydrogen-bond acceptors (Lipinski definition) is 1. The SMILES string of the molecule is CNCc1cccc(C2CCC(C)CC2)c1. The predicted molar refractivity (Wildman–Crippen MR) is 69.6 cm³/mol. The maximum Gasteiger partial charge on any atom is 0.0202 e. The van der Waals surface area contributed by atoms with Gasteiger partial charge in [0, 0.05) is 6.54 Å². The molecule has 1 aliphatic carbocycles. The Balaban J connectivity index is 2.05. The zero-order valence-corrected chi connectivity index (χ0v) is 10.5. The molecule has 0 aromatic heterocycles. The van der Waals surface area contributed by atoms with Crippen LogP contribution in [0.15, 0.2) is 24.3 Å². The fourth-order valence-electron chi connectivity index (χ4n) is 2.75. The maximum absolute atomic E-state index is 3.22. The van der Waals surface area contributed by atoms with E-state index in [1.807, 2.05) is 7.05 Å². The zero-order chi connectivity index (χ0) is 11.4. The van der Waals surface area contributed by atoms with Crippen LogP contribution in [-0.4, -0.2) is 7.05 Å². The number of rotatable bonds is 3. The average molecular weight is 217 g/mol. The highest BCUT2D eigenvalue weighted by atomic mass is 14.8. The number of benzene rings is 1. The van der Waals surface area contributed by atoms with E-state index in [9.17, 15) is 0 Å². The van der Waals surface area contributed by atoms with Crippen LogP contribution in [0.1, 0.15) is 49.7 Å². The van der Waals surface area contributed by atoms with Gasteiger partial charge in [-0.1, -0.05) is 44.0 Å². The fourth-order valence-corrected chi connectivity index (χ4v) is 2.75. The van der Waals surface area contributed by atoms with Crippen molar-refractivity contribution < 1.29 is 0 Å². The molecule has 0 unspecified atom stereocenters. The standard InChI is InChI=1S/C15H23N/c1-12-6-8-14(9-7-12)15-5-3-4-13(10-15)11-16-2/h3-5,10,12,14,16H,6-9,11H2,1-2H3. The highest BCUT2D eigenvalue weighted by molar-refractivity contribution is 5.26. The third-order valence-corrected chi connectivity index (χ3v) is 3.82. The van der Waals surface area contributed by atoms with Crippen LogP contribution in [0.4, 0.5) is 0 Å². The molecule has 1 aromatic carbocycles. The van der Waals surface area contributed by atoms with Crippen LogP contribution >= 0.6 is 0 Å². The van der Waals surface area contributed by atoms with Gasteiger partial charge in [0.1, 0.15) is 0 Å². The van der Waals surface area contributed by atoms with E-state index in [2.05, 4.69) is 36.5 Å². The molecular weight excluding hydrogens is 194 g/mol. The fraction of sp³-hybridized carbons (Fsp3) is 0.600.